The normalized spacial score (nSPS) is 11.9. The molecule has 1 unspecified atom stereocenters. The van der Waals surface area contributed by atoms with Crippen LogP contribution in [0.1, 0.15) is 28.4 Å². The molecule has 2 N–H and O–H groups in total. The third-order valence-corrected chi connectivity index (χ3v) is 3.28. The molecular formula is C17H19NO2. The van der Waals surface area contributed by atoms with Crippen molar-refractivity contribution in [1.29, 1.82) is 0 Å². The summed E-state index contributed by atoms with van der Waals surface area (Å²) in [6.45, 7) is 3.98. The van der Waals surface area contributed by atoms with Crippen molar-refractivity contribution in [3.8, 4) is 0 Å². The molecule has 20 heavy (non-hydrogen) atoms. The van der Waals surface area contributed by atoms with E-state index in [1.165, 1.54) is 5.56 Å². The van der Waals surface area contributed by atoms with Gasteiger partial charge in [-0.15, -0.1) is 0 Å². The number of rotatable bonds is 5. The fraction of sp³-hybridized carbons (Fsp3) is 0.235. The van der Waals surface area contributed by atoms with E-state index >= 15 is 0 Å². The van der Waals surface area contributed by atoms with Gasteiger partial charge >= 0.3 is 5.97 Å². The van der Waals surface area contributed by atoms with E-state index in [2.05, 4.69) is 24.4 Å². The van der Waals surface area contributed by atoms with Crippen molar-refractivity contribution in [3.05, 3.63) is 65.2 Å². The Kier molecular flexibility index (Phi) is 4.41. The van der Waals surface area contributed by atoms with Crippen LogP contribution < -0.4 is 5.32 Å². The van der Waals surface area contributed by atoms with Crippen LogP contribution in [0.3, 0.4) is 0 Å². The smallest absolute Gasteiger partial charge is 0.337 e. The minimum absolute atomic E-state index is 0.164. The van der Waals surface area contributed by atoms with Crippen LogP contribution in [-0.4, -0.2) is 17.1 Å². The van der Waals surface area contributed by atoms with E-state index in [4.69, 9.17) is 0 Å². The molecule has 2 aromatic rings. The summed E-state index contributed by atoms with van der Waals surface area (Å²) in [5.41, 5.74) is 3.22. The van der Waals surface area contributed by atoms with Crippen LogP contribution in [-0.2, 0) is 6.42 Å². The van der Waals surface area contributed by atoms with Crippen molar-refractivity contribution in [2.45, 2.75) is 26.3 Å². The number of hydrogen-bond acceptors (Lipinski definition) is 2. The predicted octanol–water partition coefficient (Wildman–Crippen LogP) is 3.74. The van der Waals surface area contributed by atoms with E-state index in [1.807, 2.05) is 31.2 Å². The maximum atomic E-state index is 11.3. The van der Waals surface area contributed by atoms with Gasteiger partial charge in [0.15, 0.2) is 0 Å². The van der Waals surface area contributed by atoms with E-state index in [0.29, 0.717) is 11.3 Å². The molecule has 2 rings (SSSR count). The van der Waals surface area contributed by atoms with Gasteiger partial charge in [0, 0.05) is 6.04 Å². The van der Waals surface area contributed by atoms with Crippen molar-refractivity contribution < 1.29 is 9.90 Å². The summed E-state index contributed by atoms with van der Waals surface area (Å²) in [5, 5.41) is 12.6. The first-order valence-corrected chi connectivity index (χ1v) is 6.71. The Labute approximate surface area is 119 Å². The van der Waals surface area contributed by atoms with Crippen LogP contribution in [0.4, 0.5) is 5.69 Å². The fourth-order valence-corrected chi connectivity index (χ4v) is 2.30. The Morgan fingerprint density at radius 1 is 1.15 bits per heavy atom. The molecule has 0 heterocycles. The lowest BCUT2D eigenvalue weighted by atomic mass is 10.0. The Hall–Kier alpha value is -2.29. The van der Waals surface area contributed by atoms with Gasteiger partial charge in [0.1, 0.15) is 0 Å². The van der Waals surface area contributed by atoms with Gasteiger partial charge in [-0.2, -0.15) is 0 Å². The Morgan fingerprint density at radius 2 is 1.85 bits per heavy atom. The van der Waals surface area contributed by atoms with Gasteiger partial charge in [-0.25, -0.2) is 4.79 Å². The maximum Gasteiger partial charge on any atom is 0.337 e. The molecule has 0 spiro atoms. The van der Waals surface area contributed by atoms with Crippen LogP contribution in [0.15, 0.2) is 48.5 Å². The van der Waals surface area contributed by atoms with Crippen LogP contribution in [0, 0.1) is 6.92 Å². The standard InChI is InChI=1S/C17H19NO2/c1-12-7-6-10-15(17(19)20)16(12)18-13(2)11-14-8-4-3-5-9-14/h3-10,13,18H,11H2,1-2H3,(H,19,20). The van der Waals surface area contributed by atoms with E-state index in [1.54, 1.807) is 12.1 Å². The fourth-order valence-electron chi connectivity index (χ4n) is 2.30. The van der Waals surface area contributed by atoms with E-state index in [9.17, 15) is 9.90 Å². The molecule has 0 amide bonds. The van der Waals surface area contributed by atoms with Crippen LogP contribution in [0.5, 0.6) is 0 Å². The van der Waals surface area contributed by atoms with Gasteiger partial charge in [0.05, 0.1) is 11.3 Å². The molecule has 3 heteroatoms. The number of carbonyl (C=O) groups is 1. The number of nitrogens with one attached hydrogen (secondary N) is 1. The number of aryl methyl sites for hydroxylation is 1. The van der Waals surface area contributed by atoms with E-state index < -0.39 is 5.97 Å². The number of aromatic carboxylic acids is 1. The summed E-state index contributed by atoms with van der Waals surface area (Å²) in [7, 11) is 0. The van der Waals surface area contributed by atoms with Crippen molar-refractivity contribution >= 4 is 11.7 Å². The molecule has 0 aliphatic heterocycles. The monoisotopic (exact) mass is 269 g/mol. The number of hydrogen-bond donors (Lipinski definition) is 2. The second-order valence-corrected chi connectivity index (χ2v) is 5.04. The van der Waals surface area contributed by atoms with Crippen LogP contribution >= 0.6 is 0 Å². The summed E-state index contributed by atoms with van der Waals surface area (Å²) < 4.78 is 0. The van der Waals surface area contributed by atoms with E-state index in [0.717, 1.165) is 12.0 Å². The second kappa shape index (κ2) is 6.24. The molecule has 0 aliphatic carbocycles. The Balaban J connectivity index is 2.15. The summed E-state index contributed by atoms with van der Waals surface area (Å²) in [5.74, 6) is -0.900. The SMILES string of the molecule is Cc1cccc(C(=O)O)c1NC(C)Cc1ccccc1. The second-order valence-electron chi connectivity index (χ2n) is 5.04. The lowest BCUT2D eigenvalue weighted by Gasteiger charge is -2.19. The van der Waals surface area contributed by atoms with Crippen LogP contribution in [0.2, 0.25) is 0 Å². The minimum Gasteiger partial charge on any atom is -0.478 e. The number of benzene rings is 2. The molecule has 0 aliphatic rings. The van der Waals surface area contributed by atoms with Gasteiger partial charge < -0.3 is 10.4 Å². The van der Waals surface area contributed by atoms with Gasteiger partial charge in [-0.3, -0.25) is 0 Å². The highest BCUT2D eigenvalue weighted by atomic mass is 16.4. The molecule has 3 nitrogen and oxygen atoms in total. The number of carboxylic acids is 1. The highest BCUT2D eigenvalue weighted by molar-refractivity contribution is 5.95. The van der Waals surface area contributed by atoms with Gasteiger partial charge in [-0.05, 0) is 37.5 Å². The van der Waals surface area contributed by atoms with Crippen molar-refractivity contribution in [2.24, 2.45) is 0 Å². The molecule has 104 valence electrons. The molecule has 0 bridgehead atoms. The zero-order valence-electron chi connectivity index (χ0n) is 11.8. The lowest BCUT2D eigenvalue weighted by molar-refractivity contribution is 0.0698. The number of carboxylic acid groups (broad SMARTS) is 1. The number of para-hydroxylation sites is 1. The molecule has 2 aromatic carbocycles. The molecule has 0 saturated carbocycles. The third kappa shape index (κ3) is 3.38. The summed E-state index contributed by atoms with van der Waals surface area (Å²) in [6, 6.07) is 15.7. The highest BCUT2D eigenvalue weighted by Crippen LogP contribution is 2.22. The Morgan fingerprint density at radius 3 is 2.50 bits per heavy atom. The molecule has 1 atom stereocenters. The van der Waals surface area contributed by atoms with Crippen molar-refractivity contribution in [2.75, 3.05) is 5.32 Å². The first-order chi connectivity index (χ1) is 9.58. The maximum absolute atomic E-state index is 11.3. The summed E-state index contributed by atoms with van der Waals surface area (Å²) in [4.78, 5) is 11.3. The summed E-state index contributed by atoms with van der Waals surface area (Å²) >= 11 is 0. The highest BCUT2D eigenvalue weighted by Gasteiger charge is 2.14. The molecule has 0 saturated heterocycles. The van der Waals surface area contributed by atoms with Gasteiger partial charge in [0.25, 0.3) is 0 Å². The quantitative estimate of drug-likeness (QED) is 0.869. The average molecular weight is 269 g/mol. The van der Waals surface area contributed by atoms with E-state index in [-0.39, 0.29) is 6.04 Å². The molecular weight excluding hydrogens is 250 g/mol. The average Bonchev–Trinajstić information content (AvgIpc) is 2.42. The zero-order chi connectivity index (χ0) is 14.5. The van der Waals surface area contributed by atoms with Gasteiger partial charge in [0.2, 0.25) is 0 Å². The molecule has 0 fully saturated rings. The lowest BCUT2D eigenvalue weighted by Crippen LogP contribution is -2.20. The molecule has 0 radical (unpaired) electrons. The van der Waals surface area contributed by atoms with Crippen molar-refractivity contribution in [3.63, 3.8) is 0 Å². The zero-order valence-corrected chi connectivity index (χ0v) is 11.8. The minimum atomic E-state index is -0.900. The topological polar surface area (TPSA) is 49.3 Å². The molecule has 0 aromatic heterocycles. The summed E-state index contributed by atoms with van der Waals surface area (Å²) in [6.07, 6.45) is 0.855. The predicted molar refractivity (Wildman–Crippen MR) is 81.4 cm³/mol. The third-order valence-electron chi connectivity index (χ3n) is 3.28. The van der Waals surface area contributed by atoms with Gasteiger partial charge in [-0.1, -0.05) is 42.5 Å². The van der Waals surface area contributed by atoms with Crippen molar-refractivity contribution in [1.82, 2.24) is 0 Å². The Bertz CT molecular complexity index is 593. The largest absolute Gasteiger partial charge is 0.478 e. The first-order valence-electron chi connectivity index (χ1n) is 6.71. The first kappa shape index (κ1) is 14.1. The van der Waals surface area contributed by atoms with Crippen LogP contribution in [0.25, 0.3) is 0 Å². The number of anilines is 1.